The van der Waals surface area contributed by atoms with Crippen LogP contribution in [0.3, 0.4) is 0 Å². The number of nitrogen functional groups attached to an aromatic ring is 1. The van der Waals surface area contributed by atoms with Gasteiger partial charge in [-0.3, -0.25) is 4.79 Å². The molecular weight excluding hydrogens is 242 g/mol. The van der Waals surface area contributed by atoms with Crippen molar-refractivity contribution in [3.63, 3.8) is 0 Å². The Morgan fingerprint density at radius 1 is 1.28 bits per heavy atom. The number of benzene rings is 1. The van der Waals surface area contributed by atoms with Crippen molar-refractivity contribution in [3.05, 3.63) is 29.3 Å². The Morgan fingerprint density at radius 3 is 2.67 bits per heavy atom. The third kappa shape index (κ3) is 3.66. The fraction of sp³-hybridized carbons (Fsp3) is 0.417. The molecule has 1 aromatic carbocycles. The molecule has 1 amide bonds. The van der Waals surface area contributed by atoms with Crippen LogP contribution < -0.4 is 11.1 Å². The highest BCUT2D eigenvalue weighted by Crippen LogP contribution is 2.18. The van der Waals surface area contributed by atoms with Gasteiger partial charge in [0.1, 0.15) is 11.4 Å². The number of amides is 1. The van der Waals surface area contributed by atoms with Gasteiger partial charge in [0, 0.05) is 13.2 Å². The molecule has 0 heterocycles. The number of hydrogen-bond acceptors (Lipinski definition) is 3. The summed E-state index contributed by atoms with van der Waals surface area (Å²) in [6.45, 7) is 0.388. The van der Waals surface area contributed by atoms with Gasteiger partial charge >= 0.3 is 0 Å². The molecular formula is C12H16F2N2O2. The second kappa shape index (κ2) is 6.90. The zero-order valence-electron chi connectivity index (χ0n) is 9.88. The van der Waals surface area contributed by atoms with Gasteiger partial charge in [0.15, 0.2) is 5.82 Å². The topological polar surface area (TPSA) is 75.4 Å². The average Bonchev–Trinajstić information content (AvgIpc) is 2.34. The van der Waals surface area contributed by atoms with Gasteiger partial charge in [0.25, 0.3) is 5.91 Å². The average molecular weight is 258 g/mol. The first-order valence-corrected chi connectivity index (χ1v) is 5.70. The van der Waals surface area contributed by atoms with E-state index in [1.807, 2.05) is 0 Å². The first kappa shape index (κ1) is 14.4. The van der Waals surface area contributed by atoms with Gasteiger partial charge in [-0.2, -0.15) is 0 Å². The number of halogens is 2. The van der Waals surface area contributed by atoms with Crippen molar-refractivity contribution in [1.29, 1.82) is 0 Å². The number of carbonyl (C=O) groups is 1. The maximum atomic E-state index is 13.5. The van der Waals surface area contributed by atoms with E-state index in [2.05, 4.69) is 5.32 Å². The Labute approximate surface area is 104 Å². The SMILES string of the molecule is Nc1ccc(F)c(C(=O)NCCCCCO)c1F. The van der Waals surface area contributed by atoms with Crippen molar-refractivity contribution in [2.45, 2.75) is 19.3 Å². The summed E-state index contributed by atoms with van der Waals surface area (Å²) >= 11 is 0. The van der Waals surface area contributed by atoms with Crippen LogP contribution in [-0.2, 0) is 0 Å². The van der Waals surface area contributed by atoms with Crippen molar-refractivity contribution in [3.8, 4) is 0 Å². The van der Waals surface area contributed by atoms with Gasteiger partial charge in [0.05, 0.1) is 5.69 Å². The van der Waals surface area contributed by atoms with E-state index in [0.717, 1.165) is 18.6 Å². The van der Waals surface area contributed by atoms with E-state index >= 15 is 0 Å². The molecule has 0 spiro atoms. The van der Waals surface area contributed by atoms with Crippen molar-refractivity contribution in [2.75, 3.05) is 18.9 Å². The smallest absolute Gasteiger partial charge is 0.257 e. The monoisotopic (exact) mass is 258 g/mol. The standard InChI is InChI=1S/C12H16F2N2O2/c13-8-4-5-9(15)11(14)10(8)12(18)16-6-2-1-3-7-17/h4-5,17H,1-3,6-7,15H2,(H,16,18). The highest BCUT2D eigenvalue weighted by molar-refractivity contribution is 5.95. The Hall–Kier alpha value is -1.69. The first-order chi connectivity index (χ1) is 8.57. The van der Waals surface area contributed by atoms with E-state index in [-0.39, 0.29) is 12.3 Å². The summed E-state index contributed by atoms with van der Waals surface area (Å²) in [7, 11) is 0. The summed E-state index contributed by atoms with van der Waals surface area (Å²) < 4.78 is 26.8. The van der Waals surface area contributed by atoms with Crippen LogP contribution in [0.4, 0.5) is 14.5 Å². The molecule has 18 heavy (non-hydrogen) atoms. The lowest BCUT2D eigenvalue weighted by Gasteiger charge is -2.08. The van der Waals surface area contributed by atoms with E-state index in [9.17, 15) is 13.6 Å². The van der Waals surface area contributed by atoms with Crippen LogP contribution in [0, 0.1) is 11.6 Å². The minimum Gasteiger partial charge on any atom is -0.396 e. The predicted octanol–water partition coefficient (Wildman–Crippen LogP) is 1.44. The predicted molar refractivity (Wildman–Crippen MR) is 64.0 cm³/mol. The van der Waals surface area contributed by atoms with Crippen molar-refractivity contribution >= 4 is 11.6 Å². The molecule has 0 saturated heterocycles. The van der Waals surface area contributed by atoms with Crippen LogP contribution in [0.25, 0.3) is 0 Å². The summed E-state index contributed by atoms with van der Waals surface area (Å²) in [5.74, 6) is -2.79. The molecule has 1 rings (SSSR count). The number of hydrogen-bond donors (Lipinski definition) is 3. The van der Waals surface area contributed by atoms with Crippen molar-refractivity contribution < 1.29 is 18.7 Å². The molecule has 0 aromatic heterocycles. The normalized spacial score (nSPS) is 10.4. The molecule has 1 aromatic rings. The van der Waals surface area contributed by atoms with Gasteiger partial charge in [-0.1, -0.05) is 0 Å². The number of nitrogens with one attached hydrogen (secondary N) is 1. The fourth-order valence-electron chi connectivity index (χ4n) is 1.48. The molecule has 100 valence electrons. The van der Waals surface area contributed by atoms with Crippen LogP contribution in [0.5, 0.6) is 0 Å². The fourth-order valence-corrected chi connectivity index (χ4v) is 1.48. The zero-order valence-corrected chi connectivity index (χ0v) is 9.88. The van der Waals surface area contributed by atoms with Gasteiger partial charge in [-0.15, -0.1) is 0 Å². The minimum absolute atomic E-state index is 0.0897. The van der Waals surface area contributed by atoms with Crippen LogP contribution in [0.2, 0.25) is 0 Å². The van der Waals surface area contributed by atoms with Crippen LogP contribution in [0.15, 0.2) is 12.1 Å². The third-order valence-electron chi connectivity index (χ3n) is 2.47. The third-order valence-corrected chi connectivity index (χ3v) is 2.47. The number of rotatable bonds is 6. The van der Waals surface area contributed by atoms with Gasteiger partial charge in [-0.05, 0) is 31.4 Å². The molecule has 0 fully saturated rings. The van der Waals surface area contributed by atoms with E-state index in [0.29, 0.717) is 19.4 Å². The quantitative estimate of drug-likeness (QED) is 0.534. The molecule has 4 N–H and O–H groups in total. The lowest BCUT2D eigenvalue weighted by Crippen LogP contribution is -2.26. The minimum atomic E-state index is -1.04. The highest BCUT2D eigenvalue weighted by Gasteiger charge is 2.18. The summed E-state index contributed by atoms with van der Waals surface area (Å²) in [6, 6.07) is 2.03. The second-order valence-electron chi connectivity index (χ2n) is 3.87. The molecule has 0 unspecified atom stereocenters. The first-order valence-electron chi connectivity index (χ1n) is 5.70. The lowest BCUT2D eigenvalue weighted by molar-refractivity contribution is 0.0944. The van der Waals surface area contributed by atoms with E-state index < -0.39 is 23.1 Å². The van der Waals surface area contributed by atoms with E-state index in [1.165, 1.54) is 0 Å². The largest absolute Gasteiger partial charge is 0.396 e. The van der Waals surface area contributed by atoms with E-state index in [4.69, 9.17) is 10.8 Å². The molecule has 0 aliphatic carbocycles. The Balaban J connectivity index is 2.59. The maximum Gasteiger partial charge on any atom is 0.257 e. The van der Waals surface area contributed by atoms with Gasteiger partial charge in [-0.25, -0.2) is 8.78 Å². The summed E-state index contributed by atoms with van der Waals surface area (Å²) in [6.07, 6.45) is 2.01. The summed E-state index contributed by atoms with van der Waals surface area (Å²) in [4.78, 5) is 11.6. The molecule has 0 atom stereocenters. The summed E-state index contributed by atoms with van der Waals surface area (Å²) in [5.41, 5.74) is 4.35. The Morgan fingerprint density at radius 2 is 2.00 bits per heavy atom. The van der Waals surface area contributed by atoms with Gasteiger partial charge < -0.3 is 16.2 Å². The molecule has 0 aliphatic rings. The van der Waals surface area contributed by atoms with Crippen LogP contribution in [0.1, 0.15) is 29.6 Å². The molecule has 6 heteroatoms. The molecule has 4 nitrogen and oxygen atoms in total. The van der Waals surface area contributed by atoms with Crippen LogP contribution in [-0.4, -0.2) is 24.2 Å². The number of nitrogens with two attached hydrogens (primary N) is 1. The maximum absolute atomic E-state index is 13.5. The van der Waals surface area contributed by atoms with Gasteiger partial charge in [0.2, 0.25) is 0 Å². The zero-order chi connectivity index (χ0) is 13.5. The number of aliphatic hydroxyl groups excluding tert-OH is 1. The van der Waals surface area contributed by atoms with Crippen LogP contribution >= 0.6 is 0 Å². The van der Waals surface area contributed by atoms with Crippen molar-refractivity contribution in [2.24, 2.45) is 0 Å². The molecule has 0 saturated carbocycles. The highest BCUT2D eigenvalue weighted by atomic mass is 19.1. The Bertz CT molecular complexity index is 425. The molecule has 0 bridgehead atoms. The lowest BCUT2D eigenvalue weighted by atomic mass is 10.1. The number of anilines is 1. The van der Waals surface area contributed by atoms with E-state index in [1.54, 1.807) is 0 Å². The number of unbranched alkanes of at least 4 members (excludes halogenated alkanes) is 2. The number of aliphatic hydroxyl groups is 1. The molecule has 0 aliphatic heterocycles. The second-order valence-corrected chi connectivity index (χ2v) is 3.87. The number of carbonyl (C=O) groups excluding carboxylic acids is 1. The molecule has 0 radical (unpaired) electrons. The Kier molecular flexibility index (Phi) is 5.51. The summed E-state index contributed by atoms with van der Waals surface area (Å²) in [5, 5.41) is 11.0. The van der Waals surface area contributed by atoms with Crippen molar-refractivity contribution in [1.82, 2.24) is 5.32 Å².